The van der Waals surface area contributed by atoms with E-state index < -0.39 is 15.9 Å². The van der Waals surface area contributed by atoms with Gasteiger partial charge in [-0.25, -0.2) is 13.4 Å². The maximum absolute atomic E-state index is 13.3. The number of aromatic nitrogens is 2. The van der Waals surface area contributed by atoms with E-state index in [1.54, 1.807) is 37.3 Å². The number of halogens is 1. The fourth-order valence-electron chi connectivity index (χ4n) is 4.07. The Kier molecular flexibility index (Phi) is 7.25. The normalized spacial score (nSPS) is 16.6. The molecule has 184 valence electrons. The molecule has 1 amide bonds. The first-order valence-electron chi connectivity index (χ1n) is 11.0. The average Bonchev–Trinajstić information content (AvgIpc) is 2.83. The first kappa shape index (κ1) is 24.9. The van der Waals surface area contributed by atoms with E-state index in [2.05, 4.69) is 15.3 Å². The predicted octanol–water partition coefficient (Wildman–Crippen LogP) is 3.45. The van der Waals surface area contributed by atoms with Gasteiger partial charge in [0.05, 0.1) is 13.0 Å². The smallest absolute Gasteiger partial charge is 0.251 e. The number of piperidine rings is 1. The zero-order valence-electron chi connectivity index (χ0n) is 19.2. The van der Waals surface area contributed by atoms with Crippen LogP contribution in [0.3, 0.4) is 0 Å². The monoisotopic (exact) mass is 516 g/mol. The number of aryl methyl sites for hydroxylation is 1. The van der Waals surface area contributed by atoms with Crippen LogP contribution in [0.4, 0.5) is 5.69 Å². The van der Waals surface area contributed by atoms with Gasteiger partial charge in [0, 0.05) is 41.1 Å². The number of aromatic amines is 1. The summed E-state index contributed by atoms with van der Waals surface area (Å²) in [6.07, 6.45) is 1.09. The molecule has 1 unspecified atom stereocenters. The van der Waals surface area contributed by atoms with Gasteiger partial charge in [0.1, 0.15) is 16.5 Å². The predicted molar refractivity (Wildman–Crippen MR) is 133 cm³/mol. The Bertz CT molecular complexity index is 1420. The maximum atomic E-state index is 13.3. The summed E-state index contributed by atoms with van der Waals surface area (Å²) in [4.78, 5) is 31.8. The van der Waals surface area contributed by atoms with Crippen molar-refractivity contribution in [3.63, 3.8) is 0 Å². The lowest BCUT2D eigenvalue weighted by Gasteiger charge is -2.31. The van der Waals surface area contributed by atoms with Gasteiger partial charge in [0.15, 0.2) is 0 Å². The van der Waals surface area contributed by atoms with Crippen LogP contribution in [-0.2, 0) is 14.8 Å². The van der Waals surface area contributed by atoms with Crippen molar-refractivity contribution >= 4 is 33.2 Å². The first-order chi connectivity index (χ1) is 16.7. The third kappa shape index (κ3) is 5.55. The number of amides is 1. The summed E-state index contributed by atoms with van der Waals surface area (Å²) in [7, 11) is -2.52. The summed E-state index contributed by atoms with van der Waals surface area (Å²) < 4.78 is 33.2. The van der Waals surface area contributed by atoms with Crippen molar-refractivity contribution in [1.82, 2.24) is 14.3 Å². The molecule has 2 N–H and O–H groups in total. The largest absolute Gasteiger partial charge is 0.495 e. The molecule has 35 heavy (non-hydrogen) atoms. The molecule has 0 aliphatic carbocycles. The lowest BCUT2D eigenvalue weighted by Crippen LogP contribution is -2.43. The average molecular weight is 517 g/mol. The molecule has 0 saturated carbocycles. The summed E-state index contributed by atoms with van der Waals surface area (Å²) in [6, 6.07) is 12.8. The number of carbonyl (C=O) groups excluding carboxylic acids is 1. The van der Waals surface area contributed by atoms with Crippen LogP contribution >= 0.6 is 11.6 Å². The molecule has 0 spiro atoms. The van der Waals surface area contributed by atoms with Crippen molar-refractivity contribution < 1.29 is 17.9 Å². The molecule has 0 bridgehead atoms. The molecule has 1 saturated heterocycles. The molecule has 1 aliphatic heterocycles. The van der Waals surface area contributed by atoms with Crippen molar-refractivity contribution in [3.05, 3.63) is 69.6 Å². The standard InChI is InChI=1S/C24H25ClN4O5S/c1-15-11-22(30)28-23(26-15)16-5-3-7-19(12-16)27-24(31)17-6-4-10-29(14-17)35(32,33)21-13-18(25)8-9-20(21)34-2/h3,5,7-9,11-13,17H,4,6,10,14H2,1-2H3,(H,27,31)(H,26,28,30). The zero-order chi connectivity index (χ0) is 25.2. The second-order valence-electron chi connectivity index (χ2n) is 8.30. The lowest BCUT2D eigenvalue weighted by molar-refractivity contribution is -0.120. The number of H-pyrrole nitrogens is 1. The van der Waals surface area contributed by atoms with Crippen LogP contribution < -0.4 is 15.6 Å². The third-order valence-corrected chi connectivity index (χ3v) is 7.89. The number of sulfonamides is 1. The Morgan fingerprint density at radius 3 is 2.77 bits per heavy atom. The van der Waals surface area contributed by atoms with Crippen molar-refractivity contribution in [2.24, 2.45) is 5.92 Å². The number of nitrogens with one attached hydrogen (secondary N) is 2. The molecule has 2 aromatic carbocycles. The number of ether oxygens (including phenoxy) is 1. The number of hydrogen-bond acceptors (Lipinski definition) is 6. The van der Waals surface area contributed by atoms with Gasteiger partial charge in [-0.3, -0.25) is 9.59 Å². The van der Waals surface area contributed by atoms with Crippen LogP contribution in [0, 0.1) is 12.8 Å². The van der Waals surface area contributed by atoms with Crippen molar-refractivity contribution in [3.8, 4) is 17.1 Å². The molecule has 1 aromatic heterocycles. The lowest BCUT2D eigenvalue weighted by atomic mass is 9.98. The molecular formula is C24H25ClN4O5S. The highest BCUT2D eigenvalue weighted by molar-refractivity contribution is 7.89. The molecule has 4 rings (SSSR count). The summed E-state index contributed by atoms with van der Waals surface area (Å²) in [5.74, 6) is -0.229. The van der Waals surface area contributed by atoms with Crippen LogP contribution in [0.2, 0.25) is 5.02 Å². The second-order valence-corrected chi connectivity index (χ2v) is 10.6. The van der Waals surface area contributed by atoms with Gasteiger partial charge < -0.3 is 15.0 Å². The third-order valence-electron chi connectivity index (χ3n) is 5.77. The molecule has 1 fully saturated rings. The van der Waals surface area contributed by atoms with Gasteiger partial charge in [-0.1, -0.05) is 23.7 Å². The maximum Gasteiger partial charge on any atom is 0.251 e. The van der Waals surface area contributed by atoms with Gasteiger partial charge in [-0.15, -0.1) is 0 Å². The van der Waals surface area contributed by atoms with Crippen molar-refractivity contribution in [2.75, 3.05) is 25.5 Å². The van der Waals surface area contributed by atoms with Crippen molar-refractivity contribution in [1.29, 1.82) is 0 Å². The Labute approximate surface area is 208 Å². The van der Waals surface area contributed by atoms with Crippen LogP contribution in [-0.4, -0.2) is 48.8 Å². The molecule has 3 aromatic rings. The molecule has 11 heteroatoms. The second kappa shape index (κ2) is 10.2. The molecule has 1 atom stereocenters. The Hall–Kier alpha value is -3.21. The minimum Gasteiger partial charge on any atom is -0.495 e. The SMILES string of the molecule is COc1ccc(Cl)cc1S(=O)(=O)N1CCCC(C(=O)Nc2cccc(-c3nc(C)cc(=O)[nH]3)c2)C1. The summed E-state index contributed by atoms with van der Waals surface area (Å²) in [5, 5.41) is 3.15. The number of hydrogen-bond donors (Lipinski definition) is 2. The highest BCUT2D eigenvalue weighted by Crippen LogP contribution is 2.32. The fraction of sp³-hybridized carbons (Fsp3) is 0.292. The number of benzene rings is 2. The number of anilines is 1. The highest BCUT2D eigenvalue weighted by atomic mass is 35.5. The number of nitrogens with zero attached hydrogens (tertiary/aromatic N) is 2. The Morgan fingerprint density at radius 2 is 2.03 bits per heavy atom. The van der Waals surface area contributed by atoms with E-state index in [9.17, 15) is 18.0 Å². The van der Waals surface area contributed by atoms with Gasteiger partial charge in [0.2, 0.25) is 15.9 Å². The number of carbonyl (C=O) groups is 1. The zero-order valence-corrected chi connectivity index (χ0v) is 20.8. The van der Waals surface area contributed by atoms with Crippen molar-refractivity contribution in [2.45, 2.75) is 24.7 Å². The topological polar surface area (TPSA) is 121 Å². The molecule has 0 radical (unpaired) electrons. The van der Waals surface area contributed by atoms with E-state index in [1.807, 2.05) is 0 Å². The first-order valence-corrected chi connectivity index (χ1v) is 12.8. The van der Waals surface area contributed by atoms with Crippen LogP contribution in [0.15, 0.2) is 58.2 Å². The Balaban J connectivity index is 1.52. The van der Waals surface area contributed by atoms with Gasteiger partial charge in [-0.05, 0) is 50.1 Å². The molecule has 2 heterocycles. The van der Waals surface area contributed by atoms with Gasteiger partial charge in [-0.2, -0.15) is 4.31 Å². The number of rotatable bonds is 6. The quantitative estimate of drug-likeness (QED) is 0.517. The van der Waals surface area contributed by atoms with E-state index in [-0.39, 0.29) is 33.7 Å². The fourth-order valence-corrected chi connectivity index (χ4v) is 6.01. The van der Waals surface area contributed by atoms with Crippen LogP contribution in [0.1, 0.15) is 18.5 Å². The van der Waals surface area contributed by atoms with E-state index in [4.69, 9.17) is 16.3 Å². The Morgan fingerprint density at radius 1 is 1.23 bits per heavy atom. The molecular weight excluding hydrogens is 492 g/mol. The molecule has 9 nitrogen and oxygen atoms in total. The number of methoxy groups -OCH3 is 1. The van der Waals surface area contributed by atoms with Gasteiger partial charge >= 0.3 is 0 Å². The summed E-state index contributed by atoms with van der Waals surface area (Å²) >= 11 is 6.04. The summed E-state index contributed by atoms with van der Waals surface area (Å²) in [5.41, 5.74) is 1.48. The minimum absolute atomic E-state index is 0.0269. The minimum atomic E-state index is -3.92. The highest BCUT2D eigenvalue weighted by Gasteiger charge is 2.35. The van der Waals surface area contributed by atoms with Crippen LogP contribution in [0.5, 0.6) is 5.75 Å². The van der Waals surface area contributed by atoms with Gasteiger partial charge in [0.25, 0.3) is 5.56 Å². The molecule has 1 aliphatic rings. The van der Waals surface area contributed by atoms with Crippen LogP contribution in [0.25, 0.3) is 11.4 Å². The van der Waals surface area contributed by atoms with E-state index in [0.717, 1.165) is 0 Å². The van der Waals surface area contributed by atoms with E-state index in [1.165, 1.54) is 29.6 Å². The van der Waals surface area contributed by atoms with E-state index in [0.29, 0.717) is 42.2 Å². The summed E-state index contributed by atoms with van der Waals surface area (Å²) in [6.45, 7) is 2.06. The van der Waals surface area contributed by atoms with E-state index >= 15 is 0 Å².